The van der Waals surface area contributed by atoms with E-state index in [1.807, 2.05) is 4.90 Å². The smallest absolute Gasteiger partial charge is 0.191 e. The normalized spacial score (nSPS) is 21.2. The van der Waals surface area contributed by atoms with Gasteiger partial charge in [-0.05, 0) is 50.7 Å². The van der Waals surface area contributed by atoms with Crippen molar-refractivity contribution in [3.05, 3.63) is 35.8 Å². The maximum absolute atomic E-state index is 13.9. The number of pyridine rings is 1. The number of hydrogen-bond donors (Lipinski definition) is 2. The van der Waals surface area contributed by atoms with Crippen LogP contribution < -0.4 is 15.5 Å². The lowest BCUT2D eigenvalue weighted by Gasteiger charge is -2.20. The van der Waals surface area contributed by atoms with Crippen LogP contribution in [0.4, 0.5) is 10.2 Å². The van der Waals surface area contributed by atoms with Gasteiger partial charge in [-0.2, -0.15) is 0 Å². The van der Waals surface area contributed by atoms with Gasteiger partial charge in [0.2, 0.25) is 0 Å². The summed E-state index contributed by atoms with van der Waals surface area (Å²) in [5.74, 6) is 1.01. The molecule has 1 unspecified atom stereocenters. The van der Waals surface area contributed by atoms with Gasteiger partial charge in [0.05, 0.1) is 0 Å². The Labute approximate surface area is 149 Å². The van der Waals surface area contributed by atoms with E-state index in [1.54, 1.807) is 24.9 Å². The average molecular weight is 345 g/mol. The number of guanidine groups is 1. The topological polar surface area (TPSA) is 52.6 Å². The Kier molecular flexibility index (Phi) is 6.25. The number of anilines is 1. The highest BCUT2D eigenvalue weighted by molar-refractivity contribution is 5.80. The molecule has 1 aliphatic heterocycles. The molecule has 0 saturated carbocycles. The highest BCUT2D eigenvalue weighted by Gasteiger charge is 2.25. The van der Waals surface area contributed by atoms with Crippen molar-refractivity contribution in [3.8, 4) is 0 Å². The van der Waals surface area contributed by atoms with Crippen LogP contribution in [-0.2, 0) is 0 Å². The fourth-order valence-corrected chi connectivity index (χ4v) is 3.54. The largest absolute Gasteiger partial charge is 0.356 e. The van der Waals surface area contributed by atoms with Gasteiger partial charge in [0.1, 0.15) is 0 Å². The number of rotatable bonds is 5. The van der Waals surface area contributed by atoms with Crippen LogP contribution in [0, 0.1) is 5.82 Å². The van der Waals surface area contributed by atoms with Crippen molar-refractivity contribution in [2.24, 2.45) is 4.99 Å². The molecule has 0 spiro atoms. The number of aliphatic imine (C=N–C) groups is 1. The molecule has 1 fully saturated rings. The summed E-state index contributed by atoms with van der Waals surface area (Å²) in [6.07, 6.45) is 11.2. The van der Waals surface area contributed by atoms with Crippen molar-refractivity contribution in [3.63, 3.8) is 0 Å². The molecule has 3 rings (SSSR count). The maximum Gasteiger partial charge on any atom is 0.191 e. The van der Waals surface area contributed by atoms with Gasteiger partial charge in [-0.25, -0.2) is 9.37 Å². The molecular formula is C19H28FN5. The lowest BCUT2D eigenvalue weighted by molar-refractivity contribution is 0.612. The van der Waals surface area contributed by atoms with Gasteiger partial charge in [0.15, 0.2) is 17.6 Å². The van der Waals surface area contributed by atoms with E-state index in [9.17, 15) is 4.39 Å². The Bertz CT molecular complexity index is 628. The molecule has 1 aromatic rings. The number of halogens is 1. The first-order chi connectivity index (χ1) is 12.3. The quantitative estimate of drug-likeness (QED) is 0.489. The molecule has 1 aliphatic carbocycles. The lowest BCUT2D eigenvalue weighted by atomic mass is 9.97. The Morgan fingerprint density at radius 3 is 3.12 bits per heavy atom. The van der Waals surface area contributed by atoms with Gasteiger partial charge in [-0.3, -0.25) is 4.99 Å². The van der Waals surface area contributed by atoms with E-state index in [0.717, 1.165) is 38.4 Å². The fourth-order valence-electron chi connectivity index (χ4n) is 3.54. The van der Waals surface area contributed by atoms with Gasteiger partial charge in [-0.1, -0.05) is 11.6 Å². The Morgan fingerprint density at radius 1 is 1.44 bits per heavy atom. The van der Waals surface area contributed by atoms with Gasteiger partial charge >= 0.3 is 0 Å². The summed E-state index contributed by atoms with van der Waals surface area (Å²) in [5.41, 5.74) is 1.56. The van der Waals surface area contributed by atoms with E-state index >= 15 is 0 Å². The molecule has 136 valence electrons. The molecule has 1 atom stereocenters. The van der Waals surface area contributed by atoms with E-state index in [0.29, 0.717) is 5.82 Å². The molecule has 5 nitrogen and oxygen atoms in total. The summed E-state index contributed by atoms with van der Waals surface area (Å²) in [6.45, 7) is 2.44. The van der Waals surface area contributed by atoms with Crippen molar-refractivity contribution in [2.75, 3.05) is 31.6 Å². The van der Waals surface area contributed by atoms with Crippen molar-refractivity contribution >= 4 is 11.8 Å². The average Bonchev–Trinajstić information content (AvgIpc) is 3.10. The lowest BCUT2D eigenvalue weighted by Crippen LogP contribution is -2.45. The first kappa shape index (κ1) is 17.7. The number of hydrogen-bond acceptors (Lipinski definition) is 3. The Hall–Kier alpha value is -2.11. The predicted molar refractivity (Wildman–Crippen MR) is 100 cm³/mol. The minimum absolute atomic E-state index is 0.251. The Morgan fingerprint density at radius 2 is 2.36 bits per heavy atom. The standard InChI is InChI=1S/C19H28FN5/c1-21-19(23-12-9-15-6-3-2-4-7-15)24-16-10-13-25(14-16)18-17(20)8-5-11-22-18/h5-6,8,11,16H,2-4,7,9-10,12-14H2,1H3,(H2,21,23,24). The maximum atomic E-state index is 13.9. The van der Waals surface area contributed by atoms with Crippen LogP contribution in [-0.4, -0.2) is 43.7 Å². The van der Waals surface area contributed by atoms with Gasteiger partial charge in [0, 0.05) is 38.9 Å². The minimum atomic E-state index is -0.258. The molecule has 0 aromatic carbocycles. The second-order valence-corrected chi connectivity index (χ2v) is 6.74. The minimum Gasteiger partial charge on any atom is -0.356 e. The van der Waals surface area contributed by atoms with Crippen LogP contribution in [0.25, 0.3) is 0 Å². The predicted octanol–water partition coefficient (Wildman–Crippen LogP) is 2.85. The number of allylic oxidation sites excluding steroid dienone is 1. The van der Waals surface area contributed by atoms with E-state index in [-0.39, 0.29) is 11.9 Å². The Balaban J connectivity index is 1.45. The summed E-state index contributed by atoms with van der Waals surface area (Å²) in [6, 6.07) is 3.34. The second kappa shape index (κ2) is 8.83. The van der Waals surface area contributed by atoms with Gasteiger partial charge in [0.25, 0.3) is 0 Å². The second-order valence-electron chi connectivity index (χ2n) is 6.74. The third kappa shape index (κ3) is 4.94. The zero-order chi connectivity index (χ0) is 17.5. The molecule has 0 amide bonds. The molecule has 2 heterocycles. The fraction of sp³-hybridized carbons (Fsp3) is 0.579. The summed E-state index contributed by atoms with van der Waals surface area (Å²) in [5, 5.41) is 6.85. The van der Waals surface area contributed by atoms with Crippen LogP contribution in [0.1, 0.15) is 38.5 Å². The third-order valence-corrected chi connectivity index (χ3v) is 4.91. The van der Waals surface area contributed by atoms with Crippen LogP contribution in [0.5, 0.6) is 0 Å². The number of nitrogens with zero attached hydrogens (tertiary/aromatic N) is 3. The molecule has 1 saturated heterocycles. The molecular weight excluding hydrogens is 317 g/mol. The first-order valence-corrected chi connectivity index (χ1v) is 9.27. The van der Waals surface area contributed by atoms with Crippen LogP contribution >= 0.6 is 0 Å². The molecule has 2 aliphatic rings. The van der Waals surface area contributed by atoms with Crippen LogP contribution in [0.3, 0.4) is 0 Å². The van der Waals surface area contributed by atoms with Crippen molar-refractivity contribution in [1.29, 1.82) is 0 Å². The highest BCUT2D eigenvalue weighted by atomic mass is 19.1. The molecule has 0 bridgehead atoms. The van der Waals surface area contributed by atoms with E-state index < -0.39 is 0 Å². The highest BCUT2D eigenvalue weighted by Crippen LogP contribution is 2.21. The summed E-state index contributed by atoms with van der Waals surface area (Å²) in [4.78, 5) is 10.5. The summed E-state index contributed by atoms with van der Waals surface area (Å²) in [7, 11) is 1.79. The molecule has 2 N–H and O–H groups in total. The molecule has 25 heavy (non-hydrogen) atoms. The summed E-state index contributed by atoms with van der Waals surface area (Å²) >= 11 is 0. The summed E-state index contributed by atoms with van der Waals surface area (Å²) < 4.78 is 13.9. The molecule has 0 radical (unpaired) electrons. The van der Waals surface area contributed by atoms with E-state index in [4.69, 9.17) is 0 Å². The van der Waals surface area contributed by atoms with Crippen molar-refractivity contribution in [2.45, 2.75) is 44.6 Å². The van der Waals surface area contributed by atoms with E-state index in [1.165, 1.54) is 31.7 Å². The number of nitrogens with one attached hydrogen (secondary N) is 2. The van der Waals surface area contributed by atoms with Crippen molar-refractivity contribution < 1.29 is 4.39 Å². The zero-order valence-electron chi connectivity index (χ0n) is 15.0. The van der Waals surface area contributed by atoms with E-state index in [2.05, 4.69) is 26.7 Å². The van der Waals surface area contributed by atoms with Crippen LogP contribution in [0.2, 0.25) is 0 Å². The SMILES string of the molecule is CN=C(NCCC1=CCCCC1)NC1CCN(c2ncccc2F)C1. The van der Waals surface area contributed by atoms with Crippen LogP contribution in [0.15, 0.2) is 35.0 Å². The van der Waals surface area contributed by atoms with Gasteiger partial charge < -0.3 is 15.5 Å². The molecule has 6 heteroatoms. The monoisotopic (exact) mass is 345 g/mol. The third-order valence-electron chi connectivity index (χ3n) is 4.91. The zero-order valence-corrected chi connectivity index (χ0v) is 15.0. The number of aromatic nitrogens is 1. The molecule has 1 aromatic heterocycles. The first-order valence-electron chi connectivity index (χ1n) is 9.27. The van der Waals surface area contributed by atoms with Crippen molar-refractivity contribution in [1.82, 2.24) is 15.6 Å². The van der Waals surface area contributed by atoms with Gasteiger partial charge in [-0.15, -0.1) is 0 Å².